The van der Waals surface area contributed by atoms with Gasteiger partial charge in [-0.25, -0.2) is 21.6 Å². The highest BCUT2D eigenvalue weighted by atomic mass is 32.3. The van der Waals surface area contributed by atoms with Crippen LogP contribution in [0.1, 0.15) is 18.1 Å². The van der Waals surface area contributed by atoms with Crippen LogP contribution in [0.5, 0.6) is 5.75 Å². The smallest absolute Gasteiger partial charge is 0.344 e. The maximum atomic E-state index is 14.0. The first-order valence-corrected chi connectivity index (χ1v) is 16.7. The molecule has 0 fully saturated rings. The molecular weight excluding hydrogens is 617 g/mol. The van der Waals surface area contributed by atoms with E-state index in [4.69, 9.17) is 9.15 Å². The summed E-state index contributed by atoms with van der Waals surface area (Å²) < 4.78 is 67.6. The SMILES string of the molecule is CC(=O)NCCOc1ccc(-c2cc3cc(N(S(=O)(=O)c4ccc(C)cc4)S(=O)(=O)c4ccc(C)cc4)ccc3oc2=O)cc1. The Morgan fingerprint density at radius 3 is 1.87 bits per heavy atom. The van der Waals surface area contributed by atoms with Crippen molar-refractivity contribution in [2.24, 2.45) is 0 Å². The lowest BCUT2D eigenvalue weighted by Crippen LogP contribution is -2.37. The highest BCUT2D eigenvalue weighted by Crippen LogP contribution is 2.34. The van der Waals surface area contributed by atoms with Gasteiger partial charge in [0.1, 0.15) is 17.9 Å². The maximum absolute atomic E-state index is 14.0. The second kappa shape index (κ2) is 12.6. The van der Waals surface area contributed by atoms with Gasteiger partial charge in [0.05, 0.1) is 27.6 Å². The summed E-state index contributed by atoms with van der Waals surface area (Å²) in [6, 6.07) is 23.9. The van der Waals surface area contributed by atoms with E-state index >= 15 is 0 Å². The van der Waals surface area contributed by atoms with E-state index in [-0.39, 0.29) is 39.1 Å². The van der Waals surface area contributed by atoms with Gasteiger partial charge in [0, 0.05) is 12.3 Å². The van der Waals surface area contributed by atoms with Gasteiger partial charge in [-0.1, -0.05) is 47.5 Å². The molecule has 1 aromatic heterocycles. The van der Waals surface area contributed by atoms with Gasteiger partial charge in [-0.2, -0.15) is 3.71 Å². The van der Waals surface area contributed by atoms with Gasteiger partial charge >= 0.3 is 5.63 Å². The number of fused-ring (bicyclic) bond motifs is 1. The molecule has 0 radical (unpaired) electrons. The molecule has 0 unspecified atom stereocenters. The van der Waals surface area contributed by atoms with E-state index in [2.05, 4.69) is 5.32 Å². The van der Waals surface area contributed by atoms with Gasteiger partial charge in [-0.15, -0.1) is 0 Å². The zero-order valence-electron chi connectivity index (χ0n) is 24.7. The van der Waals surface area contributed by atoms with E-state index in [0.717, 1.165) is 11.1 Å². The molecule has 0 aliphatic heterocycles. The fourth-order valence-electron chi connectivity index (χ4n) is 4.57. The number of carbonyl (C=O) groups excluding carboxylic acids is 1. The molecule has 12 heteroatoms. The Morgan fingerprint density at radius 1 is 0.778 bits per heavy atom. The first kappa shape index (κ1) is 31.5. The van der Waals surface area contributed by atoms with Crippen LogP contribution < -0.4 is 19.4 Å². The van der Waals surface area contributed by atoms with Gasteiger partial charge in [-0.3, -0.25) is 4.79 Å². The predicted octanol–water partition coefficient (Wildman–Crippen LogP) is 5.18. The quantitative estimate of drug-likeness (QED) is 0.162. The second-order valence-electron chi connectivity index (χ2n) is 10.4. The van der Waals surface area contributed by atoms with Crippen molar-refractivity contribution in [2.45, 2.75) is 30.6 Å². The minimum absolute atomic E-state index is 0.144. The van der Waals surface area contributed by atoms with Gasteiger partial charge in [0.25, 0.3) is 20.0 Å². The van der Waals surface area contributed by atoms with E-state index in [1.54, 1.807) is 62.4 Å². The van der Waals surface area contributed by atoms with Crippen LogP contribution in [0.2, 0.25) is 0 Å². The van der Waals surface area contributed by atoms with Crippen LogP contribution in [0, 0.1) is 13.8 Å². The fourth-order valence-corrected chi connectivity index (χ4v) is 8.25. The number of carbonyl (C=O) groups is 1. The number of ether oxygens (including phenoxy) is 1. The lowest BCUT2D eigenvalue weighted by Gasteiger charge is -2.24. The molecule has 0 saturated carbocycles. The Kier molecular flexibility index (Phi) is 8.80. The Bertz CT molecular complexity index is 2070. The molecule has 4 aromatic carbocycles. The number of anilines is 1. The zero-order chi connectivity index (χ0) is 32.4. The monoisotopic (exact) mass is 646 g/mol. The number of amides is 1. The normalized spacial score (nSPS) is 11.7. The molecule has 0 bridgehead atoms. The van der Waals surface area contributed by atoms with E-state index in [9.17, 15) is 26.4 Å². The van der Waals surface area contributed by atoms with E-state index < -0.39 is 25.7 Å². The van der Waals surface area contributed by atoms with Crippen LogP contribution in [0.3, 0.4) is 0 Å². The van der Waals surface area contributed by atoms with Crippen LogP contribution >= 0.6 is 0 Å². The first-order chi connectivity index (χ1) is 21.4. The van der Waals surface area contributed by atoms with Crippen LogP contribution in [-0.2, 0) is 24.8 Å². The summed E-state index contributed by atoms with van der Waals surface area (Å²) in [5, 5.41) is 2.94. The van der Waals surface area contributed by atoms with Gasteiger partial charge < -0.3 is 14.5 Å². The molecule has 10 nitrogen and oxygen atoms in total. The summed E-state index contributed by atoms with van der Waals surface area (Å²) in [4.78, 5) is 23.5. The van der Waals surface area contributed by atoms with Crippen LogP contribution in [0.15, 0.2) is 116 Å². The van der Waals surface area contributed by atoms with E-state index in [0.29, 0.717) is 27.0 Å². The highest BCUT2D eigenvalue weighted by Gasteiger charge is 2.37. The predicted molar refractivity (Wildman–Crippen MR) is 171 cm³/mol. The highest BCUT2D eigenvalue weighted by molar-refractivity contribution is 8.10. The van der Waals surface area contributed by atoms with Crippen molar-refractivity contribution >= 4 is 42.6 Å². The van der Waals surface area contributed by atoms with Crippen molar-refractivity contribution in [1.29, 1.82) is 0 Å². The zero-order valence-corrected chi connectivity index (χ0v) is 26.3. The van der Waals surface area contributed by atoms with Crippen molar-refractivity contribution in [1.82, 2.24) is 5.32 Å². The van der Waals surface area contributed by atoms with Gasteiger partial charge in [0.15, 0.2) is 0 Å². The molecule has 232 valence electrons. The van der Waals surface area contributed by atoms with E-state index in [1.165, 1.54) is 55.5 Å². The van der Waals surface area contributed by atoms with Crippen molar-refractivity contribution in [3.8, 4) is 16.9 Å². The number of hydrogen-bond acceptors (Lipinski definition) is 8. The Balaban J connectivity index is 1.58. The molecule has 0 aliphatic rings. The summed E-state index contributed by atoms with van der Waals surface area (Å²) >= 11 is 0. The number of rotatable bonds is 10. The number of benzene rings is 4. The largest absolute Gasteiger partial charge is 0.492 e. The van der Waals surface area contributed by atoms with E-state index in [1.807, 2.05) is 0 Å². The lowest BCUT2D eigenvalue weighted by atomic mass is 10.1. The summed E-state index contributed by atoms with van der Waals surface area (Å²) in [7, 11) is -9.26. The average molecular weight is 647 g/mol. The van der Waals surface area contributed by atoms with Crippen LogP contribution in [0.4, 0.5) is 5.69 Å². The van der Waals surface area contributed by atoms with Crippen molar-refractivity contribution in [3.05, 3.63) is 119 Å². The summed E-state index contributed by atoms with van der Waals surface area (Å²) in [6.45, 7) is 5.59. The third kappa shape index (κ3) is 6.76. The minimum Gasteiger partial charge on any atom is -0.492 e. The van der Waals surface area contributed by atoms with Crippen molar-refractivity contribution in [3.63, 3.8) is 0 Å². The minimum atomic E-state index is -4.63. The summed E-state index contributed by atoms with van der Waals surface area (Å²) in [6.07, 6.45) is 0. The number of nitrogens with zero attached hydrogens (tertiary/aromatic N) is 1. The molecule has 1 N–H and O–H groups in total. The topological polar surface area (TPSA) is 140 Å². The summed E-state index contributed by atoms with van der Waals surface area (Å²) in [5.41, 5.74) is 1.64. The Hall–Kier alpha value is -4.94. The number of sulfonamides is 2. The van der Waals surface area contributed by atoms with Crippen molar-refractivity contribution < 1.29 is 30.8 Å². The summed E-state index contributed by atoms with van der Waals surface area (Å²) in [5.74, 6) is 0.360. The standard InChI is InChI=1S/C33H30N2O8S2/c1-22-4-13-29(14-5-22)44(38,39)35(45(40,41)30-15-6-23(2)7-16-30)27-10-17-32-26(20-27)21-31(33(37)43-32)25-8-11-28(12-9-25)42-19-18-34-24(3)36/h4-17,20-21H,18-19H2,1-3H3,(H,34,36). The third-order valence-electron chi connectivity index (χ3n) is 6.91. The maximum Gasteiger partial charge on any atom is 0.344 e. The Morgan fingerprint density at radius 2 is 1.33 bits per heavy atom. The lowest BCUT2D eigenvalue weighted by molar-refractivity contribution is -0.119. The molecule has 0 aliphatic carbocycles. The third-order valence-corrected chi connectivity index (χ3v) is 11.1. The molecule has 0 saturated heterocycles. The molecule has 45 heavy (non-hydrogen) atoms. The average Bonchev–Trinajstić information content (AvgIpc) is 2.99. The molecule has 5 aromatic rings. The fraction of sp³-hybridized carbons (Fsp3) is 0.152. The van der Waals surface area contributed by atoms with Gasteiger partial charge in [-0.05, 0) is 80.1 Å². The Labute approximate surface area is 261 Å². The molecule has 1 heterocycles. The van der Waals surface area contributed by atoms with Crippen LogP contribution in [-0.4, -0.2) is 35.9 Å². The van der Waals surface area contributed by atoms with Crippen molar-refractivity contribution in [2.75, 3.05) is 16.9 Å². The van der Waals surface area contributed by atoms with Gasteiger partial charge in [0.2, 0.25) is 5.91 Å². The number of aryl methyl sites for hydroxylation is 2. The number of hydrogen-bond donors (Lipinski definition) is 1. The molecule has 0 spiro atoms. The number of nitrogens with one attached hydrogen (secondary N) is 1. The first-order valence-electron chi connectivity index (χ1n) is 13.9. The molecule has 0 atom stereocenters. The second-order valence-corrected chi connectivity index (χ2v) is 14.2. The van der Waals surface area contributed by atoms with Crippen LogP contribution in [0.25, 0.3) is 22.1 Å². The molecular formula is C33H30N2O8S2. The molecule has 1 amide bonds. The molecule has 5 rings (SSSR count).